The smallest absolute Gasteiger partial charge is 0.271 e. The summed E-state index contributed by atoms with van der Waals surface area (Å²) in [4.78, 5) is 23.9. The minimum Gasteiger partial charge on any atom is -0.508 e. The first-order valence-corrected chi connectivity index (χ1v) is 8.08. The van der Waals surface area contributed by atoms with E-state index in [4.69, 9.17) is 0 Å². The topological polar surface area (TPSA) is 90.8 Å². The Kier molecular flexibility index (Phi) is 4.79. The number of amides is 2. The van der Waals surface area contributed by atoms with Gasteiger partial charge in [0.1, 0.15) is 5.75 Å². The second-order valence-electron chi connectivity index (χ2n) is 6.03. The van der Waals surface area contributed by atoms with E-state index in [1.54, 1.807) is 6.92 Å². The molecule has 2 amide bonds. The number of carbonyl (C=O) groups is 2. The lowest BCUT2D eigenvalue weighted by Crippen LogP contribution is -2.19. The summed E-state index contributed by atoms with van der Waals surface area (Å²) < 4.78 is 0. The molecule has 0 atom stereocenters. The lowest BCUT2D eigenvalue weighted by molar-refractivity contribution is -0.117. The molecule has 2 aromatic carbocycles. The van der Waals surface area contributed by atoms with Gasteiger partial charge in [-0.25, -0.2) is 5.43 Å². The van der Waals surface area contributed by atoms with Crippen molar-refractivity contribution in [2.75, 3.05) is 5.32 Å². The van der Waals surface area contributed by atoms with Gasteiger partial charge in [0.05, 0.1) is 5.71 Å². The van der Waals surface area contributed by atoms with Crippen molar-refractivity contribution in [2.45, 2.75) is 19.8 Å². The Balaban J connectivity index is 1.66. The van der Waals surface area contributed by atoms with Crippen molar-refractivity contribution in [1.82, 2.24) is 5.43 Å². The number of nitrogens with zero attached hydrogens (tertiary/aromatic N) is 1. The van der Waals surface area contributed by atoms with Crippen LogP contribution in [0.5, 0.6) is 5.75 Å². The Morgan fingerprint density at radius 1 is 1.08 bits per heavy atom. The predicted molar refractivity (Wildman–Crippen MR) is 95.6 cm³/mol. The maximum Gasteiger partial charge on any atom is 0.271 e. The highest BCUT2D eigenvalue weighted by Gasteiger charge is 2.29. The molecule has 0 bridgehead atoms. The summed E-state index contributed by atoms with van der Waals surface area (Å²) >= 11 is 0. The number of phenols is 1. The summed E-state index contributed by atoms with van der Waals surface area (Å²) in [6.07, 6.45) is 1.91. The van der Waals surface area contributed by atoms with Crippen LogP contribution in [0.4, 0.5) is 5.69 Å². The molecule has 0 radical (unpaired) electrons. The van der Waals surface area contributed by atoms with E-state index in [0.717, 1.165) is 18.4 Å². The van der Waals surface area contributed by atoms with Gasteiger partial charge in [0.15, 0.2) is 0 Å². The van der Waals surface area contributed by atoms with Gasteiger partial charge in [-0.3, -0.25) is 9.59 Å². The fourth-order valence-corrected chi connectivity index (χ4v) is 2.29. The number of nitrogens with one attached hydrogen (secondary N) is 2. The zero-order valence-corrected chi connectivity index (χ0v) is 13.8. The molecule has 128 valence electrons. The van der Waals surface area contributed by atoms with Crippen LogP contribution in [0, 0.1) is 5.92 Å². The minimum absolute atomic E-state index is 0.0485. The SMILES string of the molecule is CC(=NNC(=O)c1ccc(O)cc1)c1cccc(NC(=O)C2CC2)c1. The summed E-state index contributed by atoms with van der Waals surface area (Å²) in [6.45, 7) is 1.78. The highest BCUT2D eigenvalue weighted by Crippen LogP contribution is 2.30. The van der Waals surface area contributed by atoms with Gasteiger partial charge in [0.2, 0.25) is 5.91 Å². The molecule has 0 spiro atoms. The normalized spacial score (nSPS) is 14.0. The van der Waals surface area contributed by atoms with Gasteiger partial charge >= 0.3 is 0 Å². The van der Waals surface area contributed by atoms with Crippen molar-refractivity contribution < 1.29 is 14.7 Å². The van der Waals surface area contributed by atoms with Gasteiger partial charge in [-0.15, -0.1) is 0 Å². The number of phenolic OH excluding ortho intramolecular Hbond substituents is 1. The van der Waals surface area contributed by atoms with Crippen LogP contribution in [0.25, 0.3) is 0 Å². The third-order valence-electron chi connectivity index (χ3n) is 3.95. The first-order valence-electron chi connectivity index (χ1n) is 8.08. The minimum atomic E-state index is -0.363. The molecular formula is C19H19N3O3. The standard InChI is InChI=1S/C19H19N3O3/c1-12(21-22-19(25)14-7-9-17(23)10-8-14)15-3-2-4-16(11-15)20-18(24)13-5-6-13/h2-4,7-11,13,23H,5-6H2,1H3,(H,20,24)(H,22,25). The molecule has 0 aromatic heterocycles. The number of hydrogen-bond donors (Lipinski definition) is 3. The summed E-state index contributed by atoms with van der Waals surface area (Å²) in [5.74, 6) is -0.0748. The van der Waals surface area contributed by atoms with Crippen molar-refractivity contribution in [3.8, 4) is 5.75 Å². The summed E-state index contributed by atoms with van der Waals surface area (Å²) in [6, 6.07) is 13.3. The van der Waals surface area contributed by atoms with Crippen molar-refractivity contribution in [3.05, 3.63) is 59.7 Å². The van der Waals surface area contributed by atoms with Gasteiger partial charge in [-0.05, 0) is 61.7 Å². The van der Waals surface area contributed by atoms with Crippen LogP contribution in [-0.2, 0) is 4.79 Å². The average Bonchev–Trinajstić information content (AvgIpc) is 3.45. The quantitative estimate of drug-likeness (QED) is 0.579. The average molecular weight is 337 g/mol. The van der Waals surface area contributed by atoms with Crippen LogP contribution < -0.4 is 10.7 Å². The highest BCUT2D eigenvalue weighted by atomic mass is 16.3. The molecule has 6 nitrogen and oxygen atoms in total. The highest BCUT2D eigenvalue weighted by molar-refractivity contribution is 6.02. The van der Waals surface area contributed by atoms with E-state index in [1.807, 2.05) is 24.3 Å². The van der Waals surface area contributed by atoms with E-state index < -0.39 is 0 Å². The second-order valence-corrected chi connectivity index (χ2v) is 6.03. The van der Waals surface area contributed by atoms with Crippen molar-refractivity contribution in [3.63, 3.8) is 0 Å². The molecule has 1 aliphatic carbocycles. The molecule has 0 unspecified atom stereocenters. The monoisotopic (exact) mass is 337 g/mol. The van der Waals surface area contributed by atoms with Crippen LogP contribution >= 0.6 is 0 Å². The molecule has 2 aromatic rings. The molecule has 0 aliphatic heterocycles. The van der Waals surface area contributed by atoms with E-state index >= 15 is 0 Å². The lowest BCUT2D eigenvalue weighted by atomic mass is 10.1. The van der Waals surface area contributed by atoms with Crippen molar-refractivity contribution in [1.29, 1.82) is 0 Å². The molecule has 0 heterocycles. The van der Waals surface area contributed by atoms with Crippen LogP contribution in [0.3, 0.4) is 0 Å². The van der Waals surface area contributed by atoms with E-state index in [1.165, 1.54) is 24.3 Å². The molecule has 3 rings (SSSR count). The predicted octanol–water partition coefficient (Wildman–Crippen LogP) is 2.89. The fraction of sp³-hybridized carbons (Fsp3) is 0.211. The summed E-state index contributed by atoms with van der Waals surface area (Å²) in [5, 5.41) is 16.2. The van der Waals surface area contributed by atoms with Crippen molar-refractivity contribution >= 4 is 23.2 Å². The third-order valence-corrected chi connectivity index (χ3v) is 3.95. The van der Waals surface area contributed by atoms with Gasteiger partial charge < -0.3 is 10.4 Å². The Morgan fingerprint density at radius 3 is 2.48 bits per heavy atom. The Hall–Kier alpha value is -3.15. The number of benzene rings is 2. The van der Waals surface area contributed by atoms with Crippen LogP contribution in [-0.4, -0.2) is 22.6 Å². The zero-order valence-electron chi connectivity index (χ0n) is 13.8. The molecule has 25 heavy (non-hydrogen) atoms. The molecule has 0 saturated heterocycles. The maximum absolute atomic E-state index is 12.0. The first-order chi connectivity index (χ1) is 12.0. The molecular weight excluding hydrogens is 318 g/mol. The molecule has 1 fully saturated rings. The van der Waals surface area contributed by atoms with E-state index in [2.05, 4.69) is 15.8 Å². The van der Waals surface area contributed by atoms with E-state index in [9.17, 15) is 14.7 Å². The van der Waals surface area contributed by atoms with Gasteiger partial charge in [-0.2, -0.15) is 5.10 Å². The first kappa shape index (κ1) is 16.7. The molecule has 1 aliphatic rings. The lowest BCUT2D eigenvalue weighted by Gasteiger charge is -2.07. The summed E-state index contributed by atoms with van der Waals surface area (Å²) in [5.41, 5.74) is 5.03. The molecule has 1 saturated carbocycles. The number of anilines is 1. The number of rotatable bonds is 5. The summed E-state index contributed by atoms with van der Waals surface area (Å²) in [7, 11) is 0. The largest absolute Gasteiger partial charge is 0.508 e. The maximum atomic E-state index is 12.0. The number of aromatic hydroxyl groups is 1. The van der Waals surface area contributed by atoms with E-state index in [-0.39, 0.29) is 23.5 Å². The van der Waals surface area contributed by atoms with Crippen molar-refractivity contribution in [2.24, 2.45) is 11.0 Å². The number of hydrazone groups is 1. The third kappa shape index (κ3) is 4.44. The molecule has 6 heteroatoms. The fourth-order valence-electron chi connectivity index (χ4n) is 2.29. The van der Waals surface area contributed by atoms with Gasteiger partial charge in [0, 0.05) is 17.2 Å². The van der Waals surface area contributed by atoms with Crippen LogP contribution in [0.15, 0.2) is 53.6 Å². The Labute approximate surface area is 145 Å². The van der Waals surface area contributed by atoms with Crippen LogP contribution in [0.1, 0.15) is 35.7 Å². The Morgan fingerprint density at radius 2 is 1.80 bits per heavy atom. The molecule has 3 N–H and O–H groups in total. The number of hydrogen-bond acceptors (Lipinski definition) is 4. The van der Waals surface area contributed by atoms with Gasteiger partial charge in [0.25, 0.3) is 5.91 Å². The van der Waals surface area contributed by atoms with Crippen LogP contribution in [0.2, 0.25) is 0 Å². The second kappa shape index (κ2) is 7.17. The van der Waals surface area contributed by atoms with Gasteiger partial charge in [-0.1, -0.05) is 12.1 Å². The Bertz CT molecular complexity index is 824. The zero-order chi connectivity index (χ0) is 17.8. The van der Waals surface area contributed by atoms with E-state index in [0.29, 0.717) is 17.0 Å². The number of carbonyl (C=O) groups excluding carboxylic acids is 2.